The van der Waals surface area contributed by atoms with Crippen LogP contribution < -0.4 is 0 Å². The third-order valence-electron chi connectivity index (χ3n) is 8.21. The molecule has 0 radical (unpaired) electrons. The molecule has 0 saturated carbocycles. The molecule has 0 aliphatic carbocycles. The summed E-state index contributed by atoms with van der Waals surface area (Å²) in [5.74, 6) is 0.618. The largest absolute Gasteiger partial charge is 0.496 e. The highest BCUT2D eigenvalue weighted by molar-refractivity contribution is 7.80. The van der Waals surface area contributed by atoms with Gasteiger partial charge < -0.3 is 19.3 Å². The standard InChI is InChI=1S/C27H44O4S.C12H22/c1-6-8-23(32)17-21(5)15-19(3)9-12-25-27(31-25)18-26(29-7-2)24(28)11-10-22-16-20(4)13-14-30-22;1-5-7-9-11-12(3,4)10-8-6-2/h7,10-11,13,21-28,32H,2-3,6,8-9,12,14-18H2,1,4-5H3;6,8-9,11H,5,7,10H2,1-4H3/b11-10+;8-6-,11-9-/t21?,22?,23-,24?,25?,26?,27?;/m0./s1. The van der Waals surface area contributed by atoms with Gasteiger partial charge in [-0.15, -0.1) is 0 Å². The summed E-state index contributed by atoms with van der Waals surface area (Å²) >= 11 is 4.69. The number of hydrogen-bond donors (Lipinski definition) is 2. The second-order valence-electron chi connectivity index (χ2n) is 13.5. The predicted octanol–water partition coefficient (Wildman–Crippen LogP) is 10.5. The van der Waals surface area contributed by atoms with Gasteiger partial charge in [0.1, 0.15) is 12.2 Å². The van der Waals surface area contributed by atoms with E-state index in [1.165, 1.54) is 43.1 Å². The average molecular weight is 631 g/mol. The SMILES string of the molecule is C/C=C\CC(C)(C)/C=C\CCC.C=COC(CC1OC1CCC(=C)CC(C)C[C@@H](S)CCC)C(O)/C=C/C1CC(C)=CCO1. The molecule has 1 saturated heterocycles. The minimum atomic E-state index is -0.722. The summed E-state index contributed by atoms with van der Waals surface area (Å²) in [7, 11) is 0. The molecule has 4 nitrogen and oxygen atoms in total. The van der Waals surface area contributed by atoms with E-state index in [-0.39, 0.29) is 24.4 Å². The zero-order chi connectivity index (χ0) is 33.0. The number of hydrogen-bond acceptors (Lipinski definition) is 5. The Morgan fingerprint density at radius 2 is 1.98 bits per heavy atom. The number of rotatable bonds is 21. The van der Waals surface area contributed by atoms with Crippen LogP contribution in [-0.2, 0) is 14.2 Å². The van der Waals surface area contributed by atoms with E-state index in [0.29, 0.717) is 29.6 Å². The highest BCUT2D eigenvalue weighted by Gasteiger charge is 2.41. The molecule has 44 heavy (non-hydrogen) atoms. The quantitative estimate of drug-likeness (QED) is 0.0573. The third-order valence-corrected chi connectivity index (χ3v) is 8.68. The minimum Gasteiger partial charge on any atom is -0.496 e. The van der Waals surface area contributed by atoms with Crippen LogP contribution in [0.4, 0.5) is 0 Å². The van der Waals surface area contributed by atoms with Gasteiger partial charge in [0.15, 0.2) is 0 Å². The highest BCUT2D eigenvalue weighted by atomic mass is 32.1. The summed E-state index contributed by atoms with van der Waals surface area (Å²) in [6, 6.07) is 0. The molecular formula is C39H66O4S. The van der Waals surface area contributed by atoms with Crippen molar-refractivity contribution in [2.24, 2.45) is 11.3 Å². The van der Waals surface area contributed by atoms with Crippen molar-refractivity contribution in [2.45, 2.75) is 155 Å². The Morgan fingerprint density at radius 3 is 2.61 bits per heavy atom. The molecule has 0 amide bonds. The van der Waals surface area contributed by atoms with Crippen LogP contribution in [0, 0.1) is 11.3 Å². The van der Waals surface area contributed by atoms with Gasteiger partial charge in [0.25, 0.3) is 0 Å². The van der Waals surface area contributed by atoms with E-state index in [4.69, 9.17) is 14.2 Å². The van der Waals surface area contributed by atoms with Gasteiger partial charge in [-0.3, -0.25) is 0 Å². The summed E-state index contributed by atoms with van der Waals surface area (Å²) in [6.45, 7) is 24.0. The first-order valence-electron chi connectivity index (χ1n) is 17.1. The molecule has 5 heteroatoms. The lowest BCUT2D eigenvalue weighted by Gasteiger charge is -2.22. The first kappa shape index (κ1) is 40.5. The molecule has 0 aromatic rings. The zero-order valence-electron chi connectivity index (χ0n) is 29.2. The van der Waals surface area contributed by atoms with E-state index >= 15 is 0 Å². The van der Waals surface area contributed by atoms with E-state index < -0.39 is 6.10 Å². The molecule has 7 atom stereocenters. The predicted molar refractivity (Wildman–Crippen MR) is 193 cm³/mol. The molecule has 0 spiro atoms. The average Bonchev–Trinajstić information content (AvgIpc) is 3.71. The summed E-state index contributed by atoms with van der Waals surface area (Å²) in [5, 5.41) is 11.1. The second-order valence-corrected chi connectivity index (χ2v) is 14.3. The number of aliphatic hydroxyl groups is 1. The van der Waals surface area contributed by atoms with Gasteiger partial charge in [-0.05, 0) is 76.5 Å². The van der Waals surface area contributed by atoms with Gasteiger partial charge >= 0.3 is 0 Å². The Balaban J connectivity index is 0.000000681. The molecule has 0 aromatic heterocycles. The fourth-order valence-corrected chi connectivity index (χ4v) is 6.14. The van der Waals surface area contributed by atoms with E-state index in [1.807, 2.05) is 6.08 Å². The molecule has 252 valence electrons. The monoisotopic (exact) mass is 630 g/mol. The first-order chi connectivity index (χ1) is 20.9. The van der Waals surface area contributed by atoms with E-state index in [2.05, 4.69) is 105 Å². The van der Waals surface area contributed by atoms with Crippen LogP contribution in [0.1, 0.15) is 119 Å². The normalized spacial score (nSPS) is 23.1. The van der Waals surface area contributed by atoms with Gasteiger partial charge in [-0.2, -0.15) is 12.6 Å². The highest BCUT2D eigenvalue weighted by Crippen LogP contribution is 2.34. The lowest BCUT2D eigenvalue weighted by molar-refractivity contribution is 0.0248. The van der Waals surface area contributed by atoms with Crippen LogP contribution in [0.25, 0.3) is 0 Å². The van der Waals surface area contributed by atoms with Crippen molar-refractivity contribution in [2.75, 3.05) is 6.61 Å². The lowest BCUT2D eigenvalue weighted by Crippen LogP contribution is -2.28. The first-order valence-corrected chi connectivity index (χ1v) is 17.6. The van der Waals surface area contributed by atoms with E-state index in [9.17, 15) is 5.11 Å². The van der Waals surface area contributed by atoms with Gasteiger partial charge in [-0.25, -0.2) is 0 Å². The Bertz CT molecular complexity index is 917. The molecule has 0 bridgehead atoms. The maximum absolute atomic E-state index is 10.6. The molecule has 2 aliphatic heterocycles. The number of aliphatic hydroxyl groups excluding tert-OH is 1. The molecular weight excluding hydrogens is 564 g/mol. The van der Waals surface area contributed by atoms with Crippen LogP contribution in [0.2, 0.25) is 0 Å². The number of epoxide rings is 1. The molecule has 6 unspecified atom stereocenters. The fraction of sp³-hybridized carbons (Fsp3) is 0.692. The Kier molecular flexibility index (Phi) is 21.1. The van der Waals surface area contributed by atoms with Crippen LogP contribution in [0.3, 0.4) is 0 Å². The van der Waals surface area contributed by atoms with Crippen LogP contribution >= 0.6 is 12.6 Å². The summed E-state index contributed by atoms with van der Waals surface area (Å²) < 4.78 is 17.2. The maximum atomic E-state index is 10.6. The summed E-state index contributed by atoms with van der Waals surface area (Å²) in [4.78, 5) is 0. The number of allylic oxidation sites excluding steroid dienone is 5. The van der Waals surface area contributed by atoms with Crippen molar-refractivity contribution in [3.8, 4) is 0 Å². The Morgan fingerprint density at radius 1 is 1.23 bits per heavy atom. The van der Waals surface area contributed by atoms with Gasteiger partial charge in [0.05, 0.1) is 31.2 Å². The molecule has 2 aliphatic rings. The van der Waals surface area contributed by atoms with Gasteiger partial charge in [0, 0.05) is 11.7 Å². The smallest absolute Gasteiger partial charge is 0.130 e. The van der Waals surface area contributed by atoms with Crippen molar-refractivity contribution >= 4 is 12.6 Å². The number of ether oxygens (including phenoxy) is 3. The van der Waals surface area contributed by atoms with Gasteiger partial charge in [0.2, 0.25) is 0 Å². The Labute approximate surface area is 277 Å². The number of thiol groups is 1. The topological polar surface area (TPSA) is 51.2 Å². The van der Waals surface area contributed by atoms with E-state index in [1.54, 1.807) is 6.08 Å². The fourth-order valence-electron chi connectivity index (χ4n) is 5.53. The molecule has 0 aromatic carbocycles. The zero-order valence-corrected chi connectivity index (χ0v) is 30.1. The van der Waals surface area contributed by atoms with Crippen molar-refractivity contribution in [3.63, 3.8) is 0 Å². The summed E-state index contributed by atoms with van der Waals surface area (Å²) in [6.07, 6.45) is 27.1. The molecule has 1 N–H and O–H groups in total. The van der Waals surface area contributed by atoms with Gasteiger partial charge in [-0.1, -0.05) is 114 Å². The number of unbranched alkanes of at least 4 members (excludes halogenated alkanes) is 1. The maximum Gasteiger partial charge on any atom is 0.130 e. The van der Waals surface area contributed by atoms with E-state index in [0.717, 1.165) is 38.5 Å². The van der Waals surface area contributed by atoms with Crippen molar-refractivity contribution in [1.82, 2.24) is 0 Å². The minimum absolute atomic E-state index is 0.0113. The van der Waals surface area contributed by atoms with Crippen molar-refractivity contribution < 1.29 is 19.3 Å². The summed E-state index contributed by atoms with van der Waals surface area (Å²) in [5.41, 5.74) is 2.94. The van der Waals surface area contributed by atoms with Crippen molar-refractivity contribution in [1.29, 1.82) is 0 Å². The Hall–Kier alpha value is -1.53. The second kappa shape index (κ2) is 22.9. The van der Waals surface area contributed by atoms with Crippen LogP contribution in [0.5, 0.6) is 0 Å². The van der Waals surface area contributed by atoms with Crippen LogP contribution in [0.15, 0.2) is 73.1 Å². The molecule has 2 rings (SSSR count). The van der Waals surface area contributed by atoms with Crippen molar-refractivity contribution in [3.05, 3.63) is 73.1 Å². The molecule has 1 fully saturated rings. The lowest BCUT2D eigenvalue weighted by atomic mass is 9.88. The third kappa shape index (κ3) is 19.1. The molecule has 2 heterocycles. The van der Waals surface area contributed by atoms with Crippen LogP contribution in [-0.4, -0.2) is 47.5 Å².